The third-order valence-corrected chi connectivity index (χ3v) is 4.97. The standard InChI is InChI=1S/C21H41N7O6/c1-10(2)9-14(27-19(32)15(22)12(5)29)18(31)26-13(7-6-8-25-21(23)24)17(30)28-16(11(3)4)20(33)34/h10-16,29H,6-9,22H2,1-5H3,(H,26,31)(H,27,32)(H,28,30)(H,33,34)(H4,23,24,25). The molecule has 0 heterocycles. The molecule has 13 heteroatoms. The lowest BCUT2D eigenvalue weighted by Gasteiger charge is -2.27. The molecule has 0 saturated carbocycles. The Morgan fingerprint density at radius 2 is 1.41 bits per heavy atom. The molecule has 0 fully saturated rings. The molecule has 0 bridgehead atoms. The number of carboxylic acid groups (broad SMARTS) is 1. The lowest BCUT2D eigenvalue weighted by atomic mass is 10.0. The second-order valence-corrected chi connectivity index (χ2v) is 9.04. The molecule has 196 valence electrons. The van der Waals surface area contributed by atoms with E-state index in [0.29, 0.717) is 6.42 Å². The smallest absolute Gasteiger partial charge is 0.326 e. The van der Waals surface area contributed by atoms with Gasteiger partial charge in [-0.15, -0.1) is 0 Å². The van der Waals surface area contributed by atoms with Crippen LogP contribution in [0.4, 0.5) is 0 Å². The van der Waals surface area contributed by atoms with Gasteiger partial charge in [-0.2, -0.15) is 0 Å². The molecular formula is C21H41N7O6. The summed E-state index contributed by atoms with van der Waals surface area (Å²) in [5.41, 5.74) is 16.3. The van der Waals surface area contributed by atoms with Crippen LogP contribution in [-0.2, 0) is 19.2 Å². The van der Waals surface area contributed by atoms with Crippen LogP contribution in [0.5, 0.6) is 0 Å². The highest BCUT2D eigenvalue weighted by atomic mass is 16.4. The minimum absolute atomic E-state index is 0.00491. The highest BCUT2D eigenvalue weighted by Gasteiger charge is 2.31. The van der Waals surface area contributed by atoms with Gasteiger partial charge >= 0.3 is 5.97 Å². The molecule has 5 unspecified atom stereocenters. The number of amides is 3. The number of aliphatic hydroxyl groups is 1. The van der Waals surface area contributed by atoms with Crippen molar-refractivity contribution < 1.29 is 29.4 Å². The summed E-state index contributed by atoms with van der Waals surface area (Å²) in [7, 11) is 0. The Hall–Kier alpha value is -2.93. The van der Waals surface area contributed by atoms with Crippen molar-refractivity contribution in [3.63, 3.8) is 0 Å². The number of hydrogen-bond donors (Lipinski definition) is 8. The summed E-state index contributed by atoms with van der Waals surface area (Å²) < 4.78 is 0. The largest absolute Gasteiger partial charge is 0.480 e. The first-order valence-corrected chi connectivity index (χ1v) is 11.3. The number of hydrogen-bond acceptors (Lipinski definition) is 7. The van der Waals surface area contributed by atoms with E-state index in [2.05, 4.69) is 20.9 Å². The van der Waals surface area contributed by atoms with Gasteiger partial charge in [-0.1, -0.05) is 27.7 Å². The third kappa shape index (κ3) is 11.8. The maximum absolute atomic E-state index is 13.0. The predicted octanol–water partition coefficient (Wildman–Crippen LogP) is -2.01. The van der Waals surface area contributed by atoms with E-state index < -0.39 is 59.9 Å². The first kappa shape index (κ1) is 31.1. The van der Waals surface area contributed by atoms with Gasteiger partial charge in [-0.25, -0.2) is 4.79 Å². The van der Waals surface area contributed by atoms with Gasteiger partial charge in [0.05, 0.1) is 6.10 Å². The van der Waals surface area contributed by atoms with Crippen molar-refractivity contribution in [2.45, 2.75) is 84.2 Å². The minimum Gasteiger partial charge on any atom is -0.480 e. The second-order valence-electron chi connectivity index (χ2n) is 9.04. The van der Waals surface area contributed by atoms with Gasteiger partial charge in [0.15, 0.2) is 5.96 Å². The van der Waals surface area contributed by atoms with Gasteiger partial charge in [0.25, 0.3) is 0 Å². The zero-order valence-electron chi connectivity index (χ0n) is 20.6. The van der Waals surface area contributed by atoms with Crippen LogP contribution in [0.2, 0.25) is 0 Å². The Morgan fingerprint density at radius 1 is 0.882 bits per heavy atom. The fraction of sp³-hybridized carbons (Fsp3) is 0.762. The number of aliphatic imine (C=N–C) groups is 1. The van der Waals surface area contributed by atoms with E-state index in [4.69, 9.17) is 17.2 Å². The average molecular weight is 488 g/mol. The van der Waals surface area contributed by atoms with E-state index in [-0.39, 0.29) is 31.3 Å². The van der Waals surface area contributed by atoms with Crippen LogP contribution in [0.3, 0.4) is 0 Å². The Kier molecular flexibility index (Phi) is 13.8. The number of nitrogens with one attached hydrogen (secondary N) is 3. The van der Waals surface area contributed by atoms with Crippen LogP contribution < -0.4 is 33.2 Å². The topological polar surface area (TPSA) is 235 Å². The molecular weight excluding hydrogens is 446 g/mol. The molecule has 3 amide bonds. The number of aliphatic hydroxyl groups excluding tert-OH is 1. The molecule has 0 aliphatic heterocycles. The highest BCUT2D eigenvalue weighted by Crippen LogP contribution is 2.09. The van der Waals surface area contributed by atoms with E-state index in [1.54, 1.807) is 13.8 Å². The van der Waals surface area contributed by atoms with E-state index in [0.717, 1.165) is 0 Å². The van der Waals surface area contributed by atoms with E-state index >= 15 is 0 Å². The van der Waals surface area contributed by atoms with Crippen molar-refractivity contribution in [3.05, 3.63) is 0 Å². The summed E-state index contributed by atoms with van der Waals surface area (Å²) in [4.78, 5) is 53.6. The van der Waals surface area contributed by atoms with Crippen molar-refractivity contribution in [2.75, 3.05) is 6.54 Å². The normalized spacial score (nSPS) is 15.6. The minimum atomic E-state index is -1.23. The van der Waals surface area contributed by atoms with Crippen molar-refractivity contribution in [2.24, 2.45) is 34.0 Å². The molecule has 34 heavy (non-hydrogen) atoms. The van der Waals surface area contributed by atoms with Crippen LogP contribution in [0.15, 0.2) is 4.99 Å². The number of nitrogens with two attached hydrogens (primary N) is 3. The number of carbonyl (C=O) groups excluding carboxylic acids is 3. The molecule has 11 N–H and O–H groups in total. The van der Waals surface area contributed by atoms with Crippen molar-refractivity contribution in [3.8, 4) is 0 Å². The number of carboxylic acids is 1. The van der Waals surface area contributed by atoms with E-state index in [1.165, 1.54) is 6.92 Å². The molecule has 0 aromatic rings. The molecule has 5 atom stereocenters. The second kappa shape index (κ2) is 15.1. The Balaban J connectivity index is 5.62. The maximum atomic E-state index is 13.0. The predicted molar refractivity (Wildman–Crippen MR) is 127 cm³/mol. The highest BCUT2D eigenvalue weighted by molar-refractivity contribution is 5.94. The van der Waals surface area contributed by atoms with Gasteiger partial charge in [0.2, 0.25) is 17.7 Å². The van der Waals surface area contributed by atoms with Gasteiger partial charge in [0, 0.05) is 6.54 Å². The fourth-order valence-corrected chi connectivity index (χ4v) is 3.00. The molecule has 0 aromatic carbocycles. The number of aliphatic carboxylic acids is 1. The van der Waals surface area contributed by atoms with Crippen LogP contribution >= 0.6 is 0 Å². The average Bonchev–Trinajstić information content (AvgIpc) is 2.71. The lowest BCUT2D eigenvalue weighted by molar-refractivity contribution is -0.143. The van der Waals surface area contributed by atoms with Crippen LogP contribution in [0, 0.1) is 11.8 Å². The zero-order valence-corrected chi connectivity index (χ0v) is 20.6. The first-order chi connectivity index (χ1) is 15.7. The molecule has 0 aliphatic carbocycles. The number of carbonyl (C=O) groups is 4. The molecule has 0 spiro atoms. The number of nitrogens with zero attached hydrogens (tertiary/aromatic N) is 1. The fourth-order valence-electron chi connectivity index (χ4n) is 3.00. The summed E-state index contributed by atoms with van der Waals surface area (Å²) in [6, 6.07) is -4.51. The molecule has 0 saturated heterocycles. The summed E-state index contributed by atoms with van der Waals surface area (Å²) in [6.45, 7) is 8.54. The van der Waals surface area contributed by atoms with Crippen LogP contribution in [-0.4, -0.2) is 76.7 Å². The van der Waals surface area contributed by atoms with Gasteiger partial charge in [-0.3, -0.25) is 19.4 Å². The van der Waals surface area contributed by atoms with Gasteiger partial charge in [-0.05, 0) is 38.0 Å². The number of guanidine groups is 1. The molecule has 0 aliphatic rings. The van der Waals surface area contributed by atoms with Gasteiger partial charge in [0.1, 0.15) is 24.2 Å². The number of rotatable bonds is 15. The molecule has 0 rings (SSSR count). The first-order valence-electron chi connectivity index (χ1n) is 11.3. The van der Waals surface area contributed by atoms with E-state index in [1.807, 2.05) is 13.8 Å². The Labute approximate surface area is 200 Å². The van der Waals surface area contributed by atoms with Crippen molar-refractivity contribution in [1.82, 2.24) is 16.0 Å². The summed E-state index contributed by atoms with van der Waals surface area (Å²) in [5.74, 6) is -3.75. The summed E-state index contributed by atoms with van der Waals surface area (Å²) >= 11 is 0. The van der Waals surface area contributed by atoms with Gasteiger partial charge < -0.3 is 43.4 Å². The molecule has 0 aromatic heterocycles. The Bertz CT molecular complexity index is 722. The SMILES string of the molecule is CC(C)CC(NC(=O)C(N)C(C)O)C(=O)NC(CCCN=C(N)N)C(=O)NC(C(=O)O)C(C)C. The monoisotopic (exact) mass is 487 g/mol. The van der Waals surface area contributed by atoms with Crippen LogP contribution in [0.25, 0.3) is 0 Å². The summed E-state index contributed by atoms with van der Waals surface area (Å²) in [5, 5.41) is 26.5. The van der Waals surface area contributed by atoms with Crippen molar-refractivity contribution >= 4 is 29.7 Å². The Morgan fingerprint density at radius 3 is 1.85 bits per heavy atom. The lowest BCUT2D eigenvalue weighted by Crippen LogP contribution is -2.58. The molecule has 0 radical (unpaired) electrons. The third-order valence-electron chi connectivity index (χ3n) is 4.97. The molecule has 13 nitrogen and oxygen atoms in total. The van der Waals surface area contributed by atoms with E-state index in [9.17, 15) is 29.4 Å². The summed E-state index contributed by atoms with van der Waals surface area (Å²) in [6.07, 6.45) is -0.435. The zero-order chi connectivity index (χ0) is 26.6. The van der Waals surface area contributed by atoms with Crippen LogP contribution in [0.1, 0.15) is 53.9 Å². The maximum Gasteiger partial charge on any atom is 0.326 e. The quantitative estimate of drug-likeness (QED) is 0.0722. The van der Waals surface area contributed by atoms with Crippen molar-refractivity contribution in [1.29, 1.82) is 0 Å².